The number of fused-ring (bicyclic) bond motifs is 1. The first-order valence-electron chi connectivity index (χ1n) is 11.7. The predicted molar refractivity (Wildman–Crippen MR) is 145 cm³/mol. The van der Waals surface area contributed by atoms with Crippen LogP contribution in [0, 0.1) is 0 Å². The third-order valence-electron chi connectivity index (χ3n) is 6.40. The summed E-state index contributed by atoms with van der Waals surface area (Å²) in [6.07, 6.45) is 0.556. The van der Waals surface area contributed by atoms with E-state index in [0.717, 1.165) is 12.0 Å². The summed E-state index contributed by atoms with van der Waals surface area (Å²) in [5, 5.41) is 7.19. The minimum atomic E-state index is -4.02. The Morgan fingerprint density at radius 1 is 1.05 bits per heavy atom. The van der Waals surface area contributed by atoms with Crippen molar-refractivity contribution < 1.29 is 18.0 Å². The summed E-state index contributed by atoms with van der Waals surface area (Å²) in [6, 6.07) is 18.3. The first kappa shape index (κ1) is 26.4. The van der Waals surface area contributed by atoms with Gasteiger partial charge in [-0.15, -0.1) is 0 Å². The van der Waals surface area contributed by atoms with Crippen LogP contribution in [0.15, 0.2) is 76.7 Å². The van der Waals surface area contributed by atoms with E-state index in [4.69, 9.17) is 11.6 Å². The van der Waals surface area contributed by atoms with Crippen LogP contribution in [-0.4, -0.2) is 25.9 Å². The molecule has 0 atom stereocenters. The fourth-order valence-electron chi connectivity index (χ4n) is 3.88. The van der Waals surface area contributed by atoms with Gasteiger partial charge < -0.3 is 5.32 Å². The van der Waals surface area contributed by atoms with Crippen LogP contribution < -0.4 is 15.5 Å². The zero-order valence-corrected chi connectivity index (χ0v) is 22.2. The molecule has 0 unspecified atom stereocenters. The zero-order valence-electron chi connectivity index (χ0n) is 20.6. The number of anilines is 2. The van der Waals surface area contributed by atoms with Gasteiger partial charge in [-0.2, -0.15) is 5.10 Å². The summed E-state index contributed by atoms with van der Waals surface area (Å²) < 4.78 is 29.2. The number of hydrazone groups is 1. The van der Waals surface area contributed by atoms with Gasteiger partial charge in [-0.25, -0.2) is 13.8 Å². The molecule has 1 aliphatic rings. The maximum Gasteiger partial charge on any atom is 0.276 e. The monoisotopic (exact) mass is 538 g/mol. The lowest BCUT2D eigenvalue weighted by Crippen LogP contribution is -2.26. The van der Waals surface area contributed by atoms with Crippen molar-refractivity contribution in [1.29, 1.82) is 0 Å². The number of sulfonamides is 1. The quantitative estimate of drug-likeness (QED) is 0.356. The molecular weight excluding hydrogens is 512 g/mol. The Morgan fingerprint density at radius 2 is 1.76 bits per heavy atom. The highest BCUT2D eigenvalue weighted by molar-refractivity contribution is 7.92. The van der Waals surface area contributed by atoms with Crippen molar-refractivity contribution in [2.45, 2.75) is 43.9 Å². The van der Waals surface area contributed by atoms with Crippen molar-refractivity contribution in [3.63, 3.8) is 0 Å². The van der Waals surface area contributed by atoms with E-state index in [9.17, 15) is 18.0 Å². The van der Waals surface area contributed by atoms with Gasteiger partial charge in [0.15, 0.2) is 5.71 Å². The van der Waals surface area contributed by atoms with Crippen LogP contribution in [0.2, 0.25) is 5.02 Å². The Hall–Kier alpha value is -3.69. The van der Waals surface area contributed by atoms with Crippen molar-refractivity contribution in [3.05, 3.63) is 88.4 Å². The van der Waals surface area contributed by atoms with Gasteiger partial charge in [0.1, 0.15) is 0 Å². The minimum absolute atomic E-state index is 0.0233. The molecular formula is C27H27ClN4O4S. The number of carbonyl (C=O) groups excluding carboxylic acids is 2. The molecule has 2 amide bonds. The predicted octanol–water partition coefficient (Wildman–Crippen LogP) is 4.84. The van der Waals surface area contributed by atoms with Gasteiger partial charge in [0, 0.05) is 16.3 Å². The molecule has 0 aromatic heterocycles. The van der Waals surface area contributed by atoms with Gasteiger partial charge in [0.2, 0.25) is 5.91 Å². The average molecular weight is 539 g/mol. The van der Waals surface area contributed by atoms with E-state index >= 15 is 0 Å². The smallest absolute Gasteiger partial charge is 0.276 e. The van der Waals surface area contributed by atoms with Crippen LogP contribution in [0.25, 0.3) is 0 Å². The second kappa shape index (κ2) is 10.4. The number of amides is 2. The number of nitrogens with one attached hydrogen (secondary N) is 3. The van der Waals surface area contributed by atoms with Crippen molar-refractivity contribution in [1.82, 2.24) is 5.43 Å². The molecule has 0 fully saturated rings. The molecule has 37 heavy (non-hydrogen) atoms. The second-order valence-electron chi connectivity index (χ2n) is 9.34. The largest absolute Gasteiger partial charge is 0.320 e. The number of para-hydroxylation sites is 1. The minimum Gasteiger partial charge on any atom is -0.320 e. The fourth-order valence-corrected chi connectivity index (χ4v) is 5.28. The Labute approximate surface area is 221 Å². The molecule has 3 N–H and O–H groups in total. The Bertz CT molecular complexity index is 1500. The summed E-state index contributed by atoms with van der Waals surface area (Å²) in [5.41, 5.74) is 5.01. The number of hydrogen-bond acceptors (Lipinski definition) is 5. The van der Waals surface area contributed by atoms with Gasteiger partial charge in [0.05, 0.1) is 17.0 Å². The molecule has 0 saturated heterocycles. The van der Waals surface area contributed by atoms with Crippen molar-refractivity contribution in [3.8, 4) is 0 Å². The number of hydrogen-bond donors (Lipinski definition) is 3. The highest BCUT2D eigenvalue weighted by Crippen LogP contribution is 2.31. The van der Waals surface area contributed by atoms with E-state index in [1.54, 1.807) is 60.7 Å². The summed E-state index contributed by atoms with van der Waals surface area (Å²) in [6.45, 7) is 6.14. The summed E-state index contributed by atoms with van der Waals surface area (Å²) in [5.74, 6) is -0.984. The maximum atomic E-state index is 13.3. The summed E-state index contributed by atoms with van der Waals surface area (Å²) in [4.78, 5) is 25.2. The van der Waals surface area contributed by atoms with Gasteiger partial charge in [-0.05, 0) is 59.4 Å². The molecule has 0 saturated carbocycles. The molecule has 0 aliphatic carbocycles. The molecule has 0 bridgehead atoms. The normalized spacial score (nSPS) is 14.3. The molecule has 10 heteroatoms. The van der Waals surface area contributed by atoms with Crippen LogP contribution in [0.4, 0.5) is 11.4 Å². The molecule has 0 radical (unpaired) electrons. The van der Waals surface area contributed by atoms with Crippen LogP contribution in [-0.2, 0) is 31.4 Å². The lowest BCUT2D eigenvalue weighted by atomic mass is 9.81. The molecule has 1 heterocycles. The maximum absolute atomic E-state index is 13.3. The highest BCUT2D eigenvalue weighted by atomic mass is 35.5. The summed E-state index contributed by atoms with van der Waals surface area (Å²) >= 11 is 5.91. The second-order valence-corrected chi connectivity index (χ2v) is 11.4. The number of rotatable bonds is 8. The van der Waals surface area contributed by atoms with Crippen LogP contribution in [0.3, 0.4) is 0 Å². The topological polar surface area (TPSA) is 117 Å². The van der Waals surface area contributed by atoms with Crippen molar-refractivity contribution in [2.75, 3.05) is 10.0 Å². The summed E-state index contributed by atoms with van der Waals surface area (Å²) in [7, 11) is -4.02. The average Bonchev–Trinajstić information content (AvgIpc) is 3.18. The fraction of sp³-hybridized carbons (Fsp3) is 0.222. The number of halogens is 1. The third kappa shape index (κ3) is 5.84. The van der Waals surface area contributed by atoms with Crippen LogP contribution >= 0.6 is 11.6 Å². The van der Waals surface area contributed by atoms with E-state index in [2.05, 4.69) is 34.4 Å². The van der Waals surface area contributed by atoms with Crippen molar-refractivity contribution >= 4 is 50.5 Å². The molecule has 8 nitrogen and oxygen atoms in total. The molecule has 3 aromatic carbocycles. The van der Waals surface area contributed by atoms with Crippen LogP contribution in [0.5, 0.6) is 0 Å². The van der Waals surface area contributed by atoms with Gasteiger partial charge in [-0.1, -0.05) is 62.7 Å². The van der Waals surface area contributed by atoms with Gasteiger partial charge in [-0.3, -0.25) is 14.3 Å². The molecule has 1 aliphatic heterocycles. The number of carbonyl (C=O) groups is 2. The number of nitrogens with zero attached hydrogens (tertiary/aromatic N) is 1. The highest BCUT2D eigenvalue weighted by Gasteiger charge is 2.27. The zero-order chi connectivity index (χ0) is 26.8. The van der Waals surface area contributed by atoms with E-state index in [0.29, 0.717) is 27.5 Å². The molecule has 4 rings (SSSR count). The van der Waals surface area contributed by atoms with E-state index < -0.39 is 21.8 Å². The SMILES string of the molecule is CCC(C)(C)c1ccc(S(=O)(=O)Nc2ccc(Cl)cc2)c(CC(=O)NN=C2C(=O)Nc3ccccc32)c1. The Kier molecular flexibility index (Phi) is 7.38. The first-order chi connectivity index (χ1) is 17.5. The lowest BCUT2D eigenvalue weighted by Gasteiger charge is -2.25. The van der Waals surface area contributed by atoms with E-state index in [1.807, 2.05) is 6.92 Å². The molecule has 3 aromatic rings. The Balaban J connectivity index is 1.64. The van der Waals surface area contributed by atoms with Crippen molar-refractivity contribution in [2.24, 2.45) is 5.10 Å². The lowest BCUT2D eigenvalue weighted by molar-refractivity contribution is -0.120. The Morgan fingerprint density at radius 3 is 2.46 bits per heavy atom. The van der Waals surface area contributed by atoms with Crippen LogP contribution in [0.1, 0.15) is 43.9 Å². The molecule has 192 valence electrons. The van der Waals surface area contributed by atoms with E-state index in [-0.39, 0.29) is 22.4 Å². The van der Waals surface area contributed by atoms with Gasteiger partial charge >= 0.3 is 0 Å². The first-order valence-corrected chi connectivity index (χ1v) is 13.6. The third-order valence-corrected chi connectivity index (χ3v) is 8.13. The number of benzene rings is 3. The molecule has 0 spiro atoms. The van der Waals surface area contributed by atoms with E-state index in [1.165, 1.54) is 6.07 Å². The van der Waals surface area contributed by atoms with Gasteiger partial charge in [0.25, 0.3) is 15.9 Å². The standard InChI is InChI=1S/C27H27ClN4O4S/c1-4-27(2,3)18-9-14-23(37(35,36)32-20-12-10-19(28)11-13-20)17(15-18)16-24(33)30-31-25-21-7-5-6-8-22(21)29-26(25)34/h5-15,32H,4,16H2,1-3H3,(H,30,33)(H,29,31,34).